The fraction of sp³-hybridized carbons (Fsp3) is 0.308. The molecule has 98 valence electrons. The van der Waals surface area contributed by atoms with Crippen molar-refractivity contribution in [2.45, 2.75) is 0 Å². The van der Waals surface area contributed by atoms with Gasteiger partial charge in [-0.1, -0.05) is 18.2 Å². The normalized spacial score (nSPS) is 15.7. The lowest BCUT2D eigenvalue weighted by atomic mass is 10.1. The lowest BCUT2D eigenvalue weighted by Crippen LogP contribution is -2.46. The van der Waals surface area contributed by atoms with Crippen LogP contribution >= 0.6 is 0 Å². The van der Waals surface area contributed by atoms with Crippen LogP contribution in [0.2, 0.25) is 0 Å². The Labute approximate surface area is 109 Å². The van der Waals surface area contributed by atoms with E-state index in [0.29, 0.717) is 29.6 Å². The van der Waals surface area contributed by atoms with Gasteiger partial charge in [0.15, 0.2) is 5.69 Å². The Morgan fingerprint density at radius 1 is 1.16 bits per heavy atom. The van der Waals surface area contributed by atoms with Crippen LogP contribution < -0.4 is 10.9 Å². The quantitative estimate of drug-likeness (QED) is 0.753. The number of H-pyrrole nitrogens is 1. The monoisotopic (exact) mass is 258 g/mol. The summed E-state index contributed by atoms with van der Waals surface area (Å²) < 4.78 is 0. The molecule has 1 amide bonds. The summed E-state index contributed by atoms with van der Waals surface area (Å²) in [5.41, 5.74) is 0.0459. The van der Waals surface area contributed by atoms with E-state index in [-0.39, 0.29) is 11.5 Å². The summed E-state index contributed by atoms with van der Waals surface area (Å²) in [5, 5.41) is 10.6. The van der Waals surface area contributed by atoms with Gasteiger partial charge in [0.25, 0.3) is 11.5 Å². The van der Waals surface area contributed by atoms with Gasteiger partial charge in [0, 0.05) is 31.6 Å². The molecule has 1 aromatic heterocycles. The molecule has 0 unspecified atom stereocenters. The minimum atomic E-state index is -0.271. The highest BCUT2D eigenvalue weighted by molar-refractivity contribution is 6.04. The summed E-state index contributed by atoms with van der Waals surface area (Å²) in [4.78, 5) is 25.9. The molecule has 0 spiro atoms. The van der Waals surface area contributed by atoms with Crippen molar-refractivity contribution in [2.75, 3.05) is 26.2 Å². The number of hydrogen-bond donors (Lipinski definition) is 2. The second kappa shape index (κ2) is 4.81. The van der Waals surface area contributed by atoms with Gasteiger partial charge in [-0.25, -0.2) is 5.10 Å². The van der Waals surface area contributed by atoms with Crippen LogP contribution in [-0.4, -0.2) is 47.2 Å². The number of aromatic nitrogens is 2. The summed E-state index contributed by atoms with van der Waals surface area (Å²) >= 11 is 0. The first-order chi connectivity index (χ1) is 9.27. The van der Waals surface area contributed by atoms with Crippen LogP contribution in [0, 0.1) is 0 Å². The smallest absolute Gasteiger partial charge is 0.275 e. The highest BCUT2D eigenvalue weighted by Crippen LogP contribution is 2.14. The standard InChI is InChI=1S/C13H14N4O2/c18-12-10-4-2-1-3-9(10)11(15-16-12)13(19)17-7-5-14-6-8-17/h1-4,14H,5-8H2,(H,16,18). The zero-order valence-corrected chi connectivity index (χ0v) is 10.3. The minimum absolute atomic E-state index is 0.131. The average molecular weight is 258 g/mol. The van der Waals surface area contributed by atoms with Crippen molar-refractivity contribution in [1.82, 2.24) is 20.4 Å². The van der Waals surface area contributed by atoms with Gasteiger partial charge in [0.05, 0.1) is 5.39 Å². The number of nitrogens with zero attached hydrogens (tertiary/aromatic N) is 2. The first kappa shape index (κ1) is 11.9. The number of rotatable bonds is 1. The molecule has 2 N–H and O–H groups in total. The molecule has 0 atom stereocenters. The second-order valence-corrected chi connectivity index (χ2v) is 4.49. The number of fused-ring (bicyclic) bond motifs is 1. The third kappa shape index (κ3) is 2.10. The number of carbonyl (C=O) groups is 1. The van der Waals surface area contributed by atoms with E-state index >= 15 is 0 Å². The molecular formula is C13H14N4O2. The van der Waals surface area contributed by atoms with Crippen LogP contribution in [0.3, 0.4) is 0 Å². The molecule has 1 saturated heterocycles. The van der Waals surface area contributed by atoms with Crippen molar-refractivity contribution in [3.63, 3.8) is 0 Å². The number of hydrogen-bond acceptors (Lipinski definition) is 4. The van der Waals surface area contributed by atoms with E-state index < -0.39 is 0 Å². The molecule has 1 aliphatic heterocycles. The Morgan fingerprint density at radius 3 is 2.58 bits per heavy atom. The van der Waals surface area contributed by atoms with Gasteiger partial charge in [0.2, 0.25) is 0 Å². The highest BCUT2D eigenvalue weighted by atomic mass is 16.2. The highest BCUT2D eigenvalue weighted by Gasteiger charge is 2.21. The Bertz CT molecular complexity index is 674. The van der Waals surface area contributed by atoms with E-state index in [4.69, 9.17) is 0 Å². The second-order valence-electron chi connectivity index (χ2n) is 4.49. The molecule has 1 aromatic carbocycles. The van der Waals surface area contributed by atoms with E-state index in [1.807, 2.05) is 0 Å². The van der Waals surface area contributed by atoms with Gasteiger partial charge < -0.3 is 10.2 Å². The van der Waals surface area contributed by atoms with Crippen molar-refractivity contribution in [3.8, 4) is 0 Å². The minimum Gasteiger partial charge on any atom is -0.335 e. The fourth-order valence-corrected chi connectivity index (χ4v) is 2.30. The summed E-state index contributed by atoms with van der Waals surface area (Å²) in [7, 11) is 0. The SMILES string of the molecule is O=C(c1n[nH]c(=O)c2ccccc12)N1CCNCC1. The largest absolute Gasteiger partial charge is 0.335 e. The number of amides is 1. The van der Waals surface area contributed by atoms with E-state index in [1.54, 1.807) is 29.2 Å². The number of aromatic amines is 1. The zero-order valence-electron chi connectivity index (χ0n) is 10.3. The molecule has 6 nitrogen and oxygen atoms in total. The van der Waals surface area contributed by atoms with Crippen LogP contribution in [0.1, 0.15) is 10.5 Å². The third-order valence-electron chi connectivity index (χ3n) is 3.30. The lowest BCUT2D eigenvalue weighted by molar-refractivity contribution is 0.0731. The van der Waals surface area contributed by atoms with Gasteiger partial charge in [-0.15, -0.1) is 0 Å². The number of nitrogens with one attached hydrogen (secondary N) is 2. The lowest BCUT2D eigenvalue weighted by Gasteiger charge is -2.27. The van der Waals surface area contributed by atoms with Gasteiger partial charge in [-0.05, 0) is 6.07 Å². The van der Waals surface area contributed by atoms with Crippen LogP contribution in [-0.2, 0) is 0 Å². The summed E-state index contributed by atoms with van der Waals surface area (Å²) in [6.07, 6.45) is 0. The maximum Gasteiger partial charge on any atom is 0.275 e. The molecule has 0 saturated carbocycles. The number of benzene rings is 1. The van der Waals surface area contributed by atoms with E-state index in [2.05, 4.69) is 15.5 Å². The van der Waals surface area contributed by atoms with Crippen molar-refractivity contribution >= 4 is 16.7 Å². The Morgan fingerprint density at radius 2 is 1.84 bits per heavy atom. The van der Waals surface area contributed by atoms with Crippen LogP contribution in [0.25, 0.3) is 10.8 Å². The first-order valence-corrected chi connectivity index (χ1v) is 6.25. The first-order valence-electron chi connectivity index (χ1n) is 6.25. The molecular weight excluding hydrogens is 244 g/mol. The molecule has 1 fully saturated rings. The number of piperazine rings is 1. The Balaban J connectivity index is 2.07. The molecule has 19 heavy (non-hydrogen) atoms. The molecule has 3 rings (SSSR count). The molecule has 0 radical (unpaired) electrons. The van der Waals surface area contributed by atoms with Crippen molar-refractivity contribution in [1.29, 1.82) is 0 Å². The molecule has 0 bridgehead atoms. The van der Waals surface area contributed by atoms with Gasteiger partial charge in [-0.2, -0.15) is 5.10 Å². The molecule has 6 heteroatoms. The maximum atomic E-state index is 12.4. The van der Waals surface area contributed by atoms with E-state index in [9.17, 15) is 9.59 Å². The third-order valence-corrected chi connectivity index (χ3v) is 3.30. The molecule has 2 heterocycles. The Hall–Kier alpha value is -2.21. The van der Waals surface area contributed by atoms with Crippen molar-refractivity contribution < 1.29 is 4.79 Å². The van der Waals surface area contributed by atoms with Crippen molar-refractivity contribution in [3.05, 3.63) is 40.3 Å². The Kier molecular flexibility index (Phi) is 3.00. The predicted octanol–water partition coefficient (Wildman–Crippen LogP) is -0.0315. The van der Waals surface area contributed by atoms with E-state index in [0.717, 1.165) is 13.1 Å². The van der Waals surface area contributed by atoms with Gasteiger partial charge in [-0.3, -0.25) is 9.59 Å². The van der Waals surface area contributed by atoms with Crippen LogP contribution in [0.5, 0.6) is 0 Å². The zero-order chi connectivity index (χ0) is 13.2. The predicted molar refractivity (Wildman–Crippen MR) is 71.1 cm³/mol. The van der Waals surface area contributed by atoms with Crippen LogP contribution in [0.15, 0.2) is 29.1 Å². The van der Waals surface area contributed by atoms with E-state index in [1.165, 1.54) is 0 Å². The summed E-state index contributed by atoms with van der Waals surface area (Å²) in [5.74, 6) is -0.131. The average Bonchev–Trinajstić information content (AvgIpc) is 2.48. The topological polar surface area (TPSA) is 78.1 Å². The maximum absolute atomic E-state index is 12.4. The molecule has 0 aliphatic carbocycles. The number of carbonyl (C=O) groups excluding carboxylic acids is 1. The summed E-state index contributed by atoms with van der Waals surface area (Å²) in [6.45, 7) is 2.89. The molecule has 2 aromatic rings. The van der Waals surface area contributed by atoms with Crippen molar-refractivity contribution in [2.24, 2.45) is 0 Å². The van der Waals surface area contributed by atoms with Gasteiger partial charge in [0.1, 0.15) is 0 Å². The fourth-order valence-electron chi connectivity index (χ4n) is 2.30. The van der Waals surface area contributed by atoms with Crippen LogP contribution in [0.4, 0.5) is 0 Å². The van der Waals surface area contributed by atoms with Gasteiger partial charge >= 0.3 is 0 Å². The summed E-state index contributed by atoms with van der Waals surface area (Å²) in [6, 6.07) is 7.03. The molecule has 1 aliphatic rings.